The lowest BCUT2D eigenvalue weighted by molar-refractivity contribution is -0.137. The second kappa shape index (κ2) is 13.0. The van der Waals surface area contributed by atoms with Gasteiger partial charge < -0.3 is 14.3 Å². The van der Waals surface area contributed by atoms with Crippen molar-refractivity contribution in [1.82, 2.24) is 9.29 Å². The maximum absolute atomic E-state index is 13.5. The van der Waals surface area contributed by atoms with Gasteiger partial charge in [0.25, 0.3) is 0 Å². The summed E-state index contributed by atoms with van der Waals surface area (Å²) in [4.78, 5) is 16.2. The molecule has 0 fully saturated rings. The van der Waals surface area contributed by atoms with Crippen LogP contribution in [0.3, 0.4) is 0 Å². The van der Waals surface area contributed by atoms with Gasteiger partial charge in [0.15, 0.2) is 0 Å². The number of carboxylic acids is 1. The van der Waals surface area contributed by atoms with Gasteiger partial charge in [-0.05, 0) is 75.2 Å². The van der Waals surface area contributed by atoms with Crippen LogP contribution in [0.1, 0.15) is 35.1 Å². The summed E-state index contributed by atoms with van der Waals surface area (Å²) < 4.78 is 41.0. The number of benzene rings is 3. The Labute approximate surface area is 241 Å². The van der Waals surface area contributed by atoms with Crippen molar-refractivity contribution in [2.45, 2.75) is 40.7 Å². The van der Waals surface area contributed by atoms with Crippen molar-refractivity contribution in [3.63, 3.8) is 0 Å². The zero-order valence-corrected chi connectivity index (χ0v) is 24.5. The molecule has 0 atom stereocenters. The Bertz CT molecular complexity index is 1580. The van der Waals surface area contributed by atoms with Crippen molar-refractivity contribution < 1.29 is 27.5 Å². The molecule has 0 amide bonds. The molecule has 1 aromatic heterocycles. The van der Waals surface area contributed by atoms with Crippen molar-refractivity contribution in [3.05, 3.63) is 101 Å². The normalized spacial score (nSPS) is 11.5. The largest absolute Gasteiger partial charge is 0.493 e. The molecule has 216 valence electrons. The Morgan fingerprint density at radius 3 is 2.32 bits per heavy atom. The van der Waals surface area contributed by atoms with Crippen LogP contribution in [0.4, 0.5) is 5.69 Å². The molecule has 0 spiro atoms. The molecule has 41 heavy (non-hydrogen) atoms. The van der Waals surface area contributed by atoms with Gasteiger partial charge in [-0.2, -0.15) is 12.7 Å². The number of hydrogen-bond donors (Lipinski definition) is 1. The second-order valence-electron chi connectivity index (χ2n) is 9.80. The summed E-state index contributed by atoms with van der Waals surface area (Å²) in [7, 11) is -4.12. The Kier molecular flexibility index (Phi) is 9.46. The Morgan fingerprint density at radius 2 is 1.68 bits per heavy atom. The first-order valence-corrected chi connectivity index (χ1v) is 14.8. The van der Waals surface area contributed by atoms with E-state index in [2.05, 4.69) is 4.98 Å². The highest BCUT2D eigenvalue weighted by atomic mass is 32.2. The number of nitrogens with zero attached hydrogens (tertiary/aromatic N) is 3. The number of ether oxygens (including phenoxy) is 1. The summed E-state index contributed by atoms with van der Waals surface area (Å²) in [5.74, 6) is 0.691. The summed E-state index contributed by atoms with van der Waals surface area (Å²) >= 11 is 0. The molecule has 0 aliphatic carbocycles. The quantitative estimate of drug-likeness (QED) is 0.222. The predicted molar refractivity (Wildman–Crippen MR) is 158 cm³/mol. The summed E-state index contributed by atoms with van der Waals surface area (Å²) in [5, 5.41) is 9.47. The van der Waals surface area contributed by atoms with Crippen LogP contribution in [0.2, 0.25) is 0 Å². The van der Waals surface area contributed by atoms with Gasteiger partial charge in [-0.3, -0.25) is 9.10 Å². The van der Waals surface area contributed by atoms with E-state index in [0.29, 0.717) is 35.9 Å². The van der Waals surface area contributed by atoms with Crippen LogP contribution in [0, 0.1) is 20.8 Å². The second-order valence-corrected chi connectivity index (χ2v) is 11.7. The standard InChI is InChI=1S/C31H35N3O6S/c1-5-34(27-8-6-7-23(3)19-27)41(37,38)33(21-30(35)36)20-25-11-15-28(16-12-25)39-18-17-29-24(4)40-31(32-29)26-13-9-22(2)10-14-26/h6-16,19H,5,17-18,20-21H2,1-4H3,(H,35,36). The first-order valence-electron chi connectivity index (χ1n) is 13.4. The molecule has 0 unspecified atom stereocenters. The van der Waals surface area contributed by atoms with Gasteiger partial charge in [0.2, 0.25) is 5.89 Å². The van der Waals surface area contributed by atoms with Crippen molar-refractivity contribution in [2.75, 3.05) is 24.0 Å². The smallest absolute Gasteiger partial charge is 0.318 e. The molecule has 4 aromatic rings. The number of aryl methyl sites for hydroxylation is 3. The van der Waals surface area contributed by atoms with Crippen molar-refractivity contribution in [2.24, 2.45) is 0 Å². The lowest BCUT2D eigenvalue weighted by Crippen LogP contribution is -2.45. The third-order valence-corrected chi connectivity index (χ3v) is 8.51. The minimum absolute atomic E-state index is 0.100. The number of carbonyl (C=O) groups is 1. The zero-order valence-electron chi connectivity index (χ0n) is 23.7. The fraction of sp³-hybridized carbons (Fsp3) is 0.290. The summed E-state index contributed by atoms with van der Waals surface area (Å²) in [6, 6.07) is 22.1. The number of carboxylic acid groups (broad SMARTS) is 1. The van der Waals surface area contributed by atoms with Gasteiger partial charge in [-0.1, -0.05) is 42.0 Å². The van der Waals surface area contributed by atoms with Gasteiger partial charge >= 0.3 is 16.2 Å². The average Bonchev–Trinajstić information content (AvgIpc) is 3.30. The van der Waals surface area contributed by atoms with Crippen molar-refractivity contribution in [3.8, 4) is 17.2 Å². The van der Waals surface area contributed by atoms with Gasteiger partial charge in [-0.25, -0.2) is 4.98 Å². The number of aliphatic carboxylic acids is 1. The van der Waals surface area contributed by atoms with Gasteiger partial charge in [0.1, 0.15) is 18.1 Å². The third-order valence-electron chi connectivity index (χ3n) is 6.57. The number of rotatable bonds is 13. The Morgan fingerprint density at radius 1 is 0.976 bits per heavy atom. The van der Waals surface area contributed by atoms with E-state index in [1.807, 2.05) is 51.1 Å². The van der Waals surface area contributed by atoms with E-state index in [1.165, 1.54) is 4.31 Å². The molecule has 0 aliphatic heterocycles. The van der Waals surface area contributed by atoms with Gasteiger partial charge in [-0.15, -0.1) is 0 Å². The molecule has 0 saturated heterocycles. The molecular formula is C31H35N3O6S. The monoisotopic (exact) mass is 577 g/mol. The van der Waals surface area contributed by atoms with E-state index in [0.717, 1.165) is 32.4 Å². The summed E-state index contributed by atoms with van der Waals surface area (Å²) in [5.41, 5.74) is 4.93. The number of hydrogen-bond acceptors (Lipinski definition) is 6. The molecule has 0 saturated carbocycles. The van der Waals surface area contributed by atoms with E-state index in [-0.39, 0.29) is 13.1 Å². The van der Waals surface area contributed by atoms with Gasteiger partial charge in [0.05, 0.1) is 18.0 Å². The molecule has 10 heteroatoms. The lowest BCUT2D eigenvalue weighted by Gasteiger charge is -2.30. The first kappa shape index (κ1) is 29.8. The van der Waals surface area contributed by atoms with Crippen LogP contribution in [0.5, 0.6) is 5.75 Å². The fourth-order valence-electron chi connectivity index (χ4n) is 4.41. The molecular weight excluding hydrogens is 542 g/mol. The third kappa shape index (κ3) is 7.53. The maximum atomic E-state index is 13.5. The minimum Gasteiger partial charge on any atom is -0.493 e. The lowest BCUT2D eigenvalue weighted by atomic mass is 10.1. The molecule has 4 rings (SSSR count). The topological polar surface area (TPSA) is 113 Å². The predicted octanol–water partition coefficient (Wildman–Crippen LogP) is 5.55. The molecule has 9 nitrogen and oxygen atoms in total. The highest BCUT2D eigenvalue weighted by Gasteiger charge is 2.31. The molecule has 1 N–H and O–H groups in total. The highest BCUT2D eigenvalue weighted by Crippen LogP contribution is 2.25. The molecule has 0 aliphatic rings. The number of oxazole rings is 1. The Balaban J connectivity index is 1.40. The zero-order chi connectivity index (χ0) is 29.6. The van der Waals surface area contributed by atoms with E-state index in [9.17, 15) is 18.3 Å². The molecule has 0 bridgehead atoms. The number of aromatic nitrogens is 1. The van der Waals surface area contributed by atoms with Crippen LogP contribution in [-0.4, -0.2) is 48.5 Å². The van der Waals surface area contributed by atoms with Crippen LogP contribution < -0.4 is 9.04 Å². The SMILES string of the molecule is CCN(c1cccc(C)c1)S(=O)(=O)N(CC(=O)O)Cc1ccc(OCCc2nc(-c3ccc(C)cc3)oc2C)cc1. The van der Waals surface area contributed by atoms with Gasteiger partial charge in [0, 0.05) is 25.1 Å². The van der Waals surface area contributed by atoms with E-state index >= 15 is 0 Å². The molecule has 0 radical (unpaired) electrons. The fourth-order valence-corrected chi connectivity index (χ4v) is 5.98. The molecule has 3 aromatic carbocycles. The summed E-state index contributed by atoms with van der Waals surface area (Å²) in [6.07, 6.45) is 0.555. The summed E-state index contributed by atoms with van der Waals surface area (Å²) in [6.45, 7) is 7.27. The molecule has 1 heterocycles. The average molecular weight is 578 g/mol. The van der Waals surface area contributed by atoms with Crippen LogP contribution in [-0.2, 0) is 28.0 Å². The van der Waals surface area contributed by atoms with Crippen LogP contribution in [0.25, 0.3) is 11.5 Å². The maximum Gasteiger partial charge on any atom is 0.318 e. The number of anilines is 1. The minimum atomic E-state index is -4.12. The van der Waals surface area contributed by atoms with E-state index in [1.54, 1.807) is 49.4 Å². The van der Waals surface area contributed by atoms with Crippen molar-refractivity contribution >= 4 is 21.9 Å². The van der Waals surface area contributed by atoms with Crippen LogP contribution >= 0.6 is 0 Å². The first-order chi connectivity index (χ1) is 19.6. The highest BCUT2D eigenvalue weighted by molar-refractivity contribution is 7.90. The van der Waals surface area contributed by atoms with Crippen LogP contribution in [0.15, 0.2) is 77.2 Å². The van der Waals surface area contributed by atoms with E-state index < -0.39 is 22.7 Å². The van der Waals surface area contributed by atoms with E-state index in [4.69, 9.17) is 9.15 Å². The Hall–Kier alpha value is -4.15. The van der Waals surface area contributed by atoms with Crippen molar-refractivity contribution in [1.29, 1.82) is 0 Å².